The lowest BCUT2D eigenvalue weighted by atomic mass is 10.1. The molecule has 0 aromatic heterocycles. The highest BCUT2D eigenvalue weighted by Gasteiger charge is 2.33. The molecule has 0 bridgehead atoms. The summed E-state index contributed by atoms with van der Waals surface area (Å²) in [6, 6.07) is 13.7. The van der Waals surface area contributed by atoms with E-state index in [-0.39, 0.29) is 12.0 Å². The second-order valence-electron chi connectivity index (χ2n) is 6.23. The van der Waals surface area contributed by atoms with Crippen molar-refractivity contribution in [3.05, 3.63) is 59.2 Å². The number of hydrogen-bond donors (Lipinski definition) is 2. The fraction of sp³-hybridized carbons (Fsp3) is 0.316. The van der Waals surface area contributed by atoms with Gasteiger partial charge in [-0.05, 0) is 35.7 Å². The summed E-state index contributed by atoms with van der Waals surface area (Å²) >= 11 is 0. The van der Waals surface area contributed by atoms with Gasteiger partial charge in [-0.15, -0.1) is 0 Å². The number of benzene rings is 2. The number of carbonyl (C=O) groups excluding carboxylic acids is 1. The van der Waals surface area contributed by atoms with Crippen LogP contribution in [0.1, 0.15) is 23.6 Å². The molecule has 2 aliphatic rings. The minimum atomic E-state index is -0.643. The lowest BCUT2D eigenvalue weighted by Gasteiger charge is -2.31. The summed E-state index contributed by atoms with van der Waals surface area (Å²) in [5.41, 5.74) is 3.73. The first kappa shape index (κ1) is 15.0. The number of amides is 1. The molecule has 2 aliphatic heterocycles. The molecule has 0 spiro atoms. The molecule has 24 heavy (non-hydrogen) atoms. The van der Waals surface area contributed by atoms with Crippen LogP contribution in [0.5, 0.6) is 11.5 Å². The van der Waals surface area contributed by atoms with Crippen LogP contribution in [0.4, 0.5) is 0 Å². The van der Waals surface area contributed by atoms with Gasteiger partial charge in [-0.25, -0.2) is 0 Å². The highest BCUT2D eigenvalue weighted by molar-refractivity contribution is 5.82. The normalized spacial score (nSPS) is 21.2. The Hall–Kier alpha value is -2.53. The molecule has 2 unspecified atom stereocenters. The monoisotopic (exact) mass is 324 g/mol. The lowest BCUT2D eigenvalue weighted by Crippen LogP contribution is -2.48. The summed E-state index contributed by atoms with van der Waals surface area (Å²) in [5, 5.41) is 6.28. The van der Waals surface area contributed by atoms with Crippen LogP contribution in [0, 0.1) is 0 Å². The predicted octanol–water partition coefficient (Wildman–Crippen LogP) is 2.13. The van der Waals surface area contributed by atoms with Gasteiger partial charge < -0.3 is 20.1 Å². The standard InChI is InChI=1S/C19H20N2O3/c1-12-18(24-17-5-3-2-4-16(17)23-12)19(22)21-9-13-6-7-14-10-20-11-15(14)8-13/h2-8,12,18,20H,9-11H2,1H3,(H,21,22). The predicted molar refractivity (Wildman–Crippen MR) is 89.8 cm³/mol. The zero-order valence-corrected chi connectivity index (χ0v) is 13.5. The number of carbonyl (C=O) groups is 1. The van der Waals surface area contributed by atoms with Crippen LogP contribution in [0.3, 0.4) is 0 Å². The minimum Gasteiger partial charge on any atom is -0.482 e. The van der Waals surface area contributed by atoms with Gasteiger partial charge >= 0.3 is 0 Å². The van der Waals surface area contributed by atoms with Gasteiger partial charge in [0.25, 0.3) is 5.91 Å². The van der Waals surface area contributed by atoms with Gasteiger partial charge in [0.2, 0.25) is 6.10 Å². The zero-order valence-electron chi connectivity index (χ0n) is 13.5. The Balaban J connectivity index is 1.41. The summed E-state index contributed by atoms with van der Waals surface area (Å²) in [6.07, 6.45) is -0.972. The van der Waals surface area contributed by atoms with Gasteiger partial charge in [-0.2, -0.15) is 0 Å². The van der Waals surface area contributed by atoms with Gasteiger partial charge in [0.1, 0.15) is 6.10 Å². The maximum atomic E-state index is 12.5. The molecular weight excluding hydrogens is 304 g/mol. The Bertz CT molecular complexity index is 775. The molecule has 0 fully saturated rings. The van der Waals surface area contributed by atoms with Crippen molar-refractivity contribution in [2.24, 2.45) is 0 Å². The van der Waals surface area contributed by atoms with Crippen LogP contribution in [0.2, 0.25) is 0 Å². The van der Waals surface area contributed by atoms with Crippen molar-refractivity contribution < 1.29 is 14.3 Å². The van der Waals surface area contributed by atoms with E-state index in [9.17, 15) is 4.79 Å². The summed E-state index contributed by atoms with van der Waals surface area (Å²) < 4.78 is 11.6. The van der Waals surface area contributed by atoms with Crippen molar-refractivity contribution in [3.8, 4) is 11.5 Å². The number of para-hydroxylation sites is 2. The molecule has 5 nitrogen and oxygen atoms in total. The van der Waals surface area contributed by atoms with E-state index in [1.807, 2.05) is 31.2 Å². The van der Waals surface area contributed by atoms with E-state index in [0.717, 1.165) is 18.7 Å². The van der Waals surface area contributed by atoms with E-state index < -0.39 is 6.10 Å². The highest BCUT2D eigenvalue weighted by atomic mass is 16.6. The molecule has 0 saturated heterocycles. The van der Waals surface area contributed by atoms with Gasteiger partial charge in [0.05, 0.1) is 0 Å². The molecule has 1 amide bonds. The summed E-state index contributed by atoms with van der Waals surface area (Å²) in [5.74, 6) is 1.13. The van der Waals surface area contributed by atoms with Crippen molar-refractivity contribution in [3.63, 3.8) is 0 Å². The molecule has 5 heteroatoms. The summed E-state index contributed by atoms with van der Waals surface area (Å²) in [7, 11) is 0. The number of hydrogen-bond acceptors (Lipinski definition) is 4. The average Bonchev–Trinajstić information content (AvgIpc) is 3.06. The van der Waals surface area contributed by atoms with E-state index >= 15 is 0 Å². The zero-order chi connectivity index (χ0) is 16.5. The molecule has 2 atom stereocenters. The van der Waals surface area contributed by atoms with E-state index in [1.54, 1.807) is 0 Å². The molecule has 124 valence electrons. The van der Waals surface area contributed by atoms with Crippen LogP contribution in [0.25, 0.3) is 0 Å². The van der Waals surface area contributed by atoms with Crippen LogP contribution >= 0.6 is 0 Å². The number of rotatable bonds is 3. The van der Waals surface area contributed by atoms with E-state index in [1.165, 1.54) is 11.1 Å². The maximum absolute atomic E-state index is 12.5. The fourth-order valence-electron chi connectivity index (χ4n) is 3.15. The lowest BCUT2D eigenvalue weighted by molar-refractivity contribution is -0.133. The second kappa shape index (κ2) is 6.17. The maximum Gasteiger partial charge on any atom is 0.265 e. The molecule has 4 rings (SSSR count). The third kappa shape index (κ3) is 2.83. The third-order valence-corrected chi connectivity index (χ3v) is 4.47. The van der Waals surface area contributed by atoms with Crippen molar-refractivity contribution in [1.82, 2.24) is 10.6 Å². The van der Waals surface area contributed by atoms with E-state index in [2.05, 4.69) is 28.8 Å². The molecule has 0 aliphatic carbocycles. The quantitative estimate of drug-likeness (QED) is 0.908. The Morgan fingerprint density at radius 1 is 1.12 bits per heavy atom. The van der Waals surface area contributed by atoms with E-state index in [4.69, 9.17) is 9.47 Å². The van der Waals surface area contributed by atoms with Crippen LogP contribution in [-0.4, -0.2) is 18.1 Å². The molecular formula is C19H20N2O3. The molecule has 2 heterocycles. The van der Waals surface area contributed by atoms with Crippen molar-refractivity contribution in [2.75, 3.05) is 0 Å². The van der Waals surface area contributed by atoms with Crippen LogP contribution in [-0.2, 0) is 24.4 Å². The van der Waals surface area contributed by atoms with Gasteiger partial charge in [0.15, 0.2) is 11.5 Å². The third-order valence-electron chi connectivity index (χ3n) is 4.47. The first-order valence-corrected chi connectivity index (χ1v) is 8.22. The van der Waals surface area contributed by atoms with Crippen LogP contribution < -0.4 is 20.1 Å². The van der Waals surface area contributed by atoms with Crippen molar-refractivity contribution in [1.29, 1.82) is 0 Å². The Labute approximate surface area is 141 Å². The number of ether oxygens (including phenoxy) is 2. The molecule has 2 aromatic rings. The smallest absolute Gasteiger partial charge is 0.265 e. The first-order chi connectivity index (χ1) is 11.7. The minimum absolute atomic E-state index is 0.157. The van der Waals surface area contributed by atoms with Crippen molar-refractivity contribution in [2.45, 2.75) is 38.8 Å². The largest absolute Gasteiger partial charge is 0.482 e. The SMILES string of the molecule is CC1Oc2ccccc2OC1C(=O)NCc1ccc2c(c1)CNC2. The fourth-order valence-corrected chi connectivity index (χ4v) is 3.15. The van der Waals surface area contributed by atoms with Gasteiger partial charge in [-0.3, -0.25) is 4.79 Å². The number of nitrogens with one attached hydrogen (secondary N) is 2. The Morgan fingerprint density at radius 2 is 1.88 bits per heavy atom. The Morgan fingerprint density at radius 3 is 2.71 bits per heavy atom. The Kier molecular flexibility index (Phi) is 3.86. The summed E-state index contributed by atoms with van der Waals surface area (Å²) in [4.78, 5) is 12.5. The topological polar surface area (TPSA) is 59.6 Å². The molecule has 0 saturated carbocycles. The molecule has 0 radical (unpaired) electrons. The number of fused-ring (bicyclic) bond motifs is 2. The highest BCUT2D eigenvalue weighted by Crippen LogP contribution is 2.33. The van der Waals surface area contributed by atoms with Gasteiger partial charge in [0, 0.05) is 19.6 Å². The van der Waals surface area contributed by atoms with Crippen molar-refractivity contribution >= 4 is 5.91 Å². The van der Waals surface area contributed by atoms with E-state index in [0.29, 0.717) is 18.0 Å². The second-order valence-corrected chi connectivity index (χ2v) is 6.23. The average molecular weight is 324 g/mol. The first-order valence-electron chi connectivity index (χ1n) is 8.22. The molecule has 2 aromatic carbocycles. The summed E-state index contributed by atoms with van der Waals surface area (Å²) in [6.45, 7) is 4.15. The van der Waals surface area contributed by atoms with Crippen LogP contribution in [0.15, 0.2) is 42.5 Å². The van der Waals surface area contributed by atoms with Gasteiger partial charge in [-0.1, -0.05) is 30.3 Å². The molecule has 2 N–H and O–H groups in total.